The highest BCUT2D eigenvalue weighted by Crippen LogP contribution is 2.13. The first-order valence-corrected chi connectivity index (χ1v) is 6.59. The summed E-state index contributed by atoms with van der Waals surface area (Å²) in [4.78, 5) is 33.3. The Labute approximate surface area is 121 Å². The van der Waals surface area contributed by atoms with Gasteiger partial charge in [-0.3, -0.25) is 14.9 Å². The fourth-order valence-corrected chi connectivity index (χ4v) is 2.01. The van der Waals surface area contributed by atoms with Crippen molar-refractivity contribution in [1.82, 2.24) is 10.6 Å². The third-order valence-electron chi connectivity index (χ3n) is 3.08. The maximum atomic E-state index is 11.5. The maximum absolute atomic E-state index is 11.5. The molecule has 1 fully saturated rings. The molecule has 1 aromatic rings. The van der Waals surface area contributed by atoms with Gasteiger partial charge in [-0.25, -0.2) is 4.79 Å². The Hall–Kier alpha value is -2.41. The van der Waals surface area contributed by atoms with Crippen LogP contribution in [0, 0.1) is 0 Å². The van der Waals surface area contributed by atoms with Crippen LogP contribution in [0.2, 0.25) is 0 Å². The SMILES string of the molecule is O=C1CCC(NCCOc2cccc(C(=O)O)c2)C(=O)N1. The van der Waals surface area contributed by atoms with Gasteiger partial charge in [0.2, 0.25) is 11.8 Å². The van der Waals surface area contributed by atoms with Crippen LogP contribution >= 0.6 is 0 Å². The predicted octanol–water partition coefficient (Wildman–Crippen LogP) is 0.158. The summed E-state index contributed by atoms with van der Waals surface area (Å²) in [6.45, 7) is 0.713. The Morgan fingerprint density at radius 2 is 2.24 bits per heavy atom. The highest BCUT2D eigenvalue weighted by Gasteiger charge is 2.25. The molecule has 0 saturated carbocycles. The lowest BCUT2D eigenvalue weighted by molar-refractivity contribution is -0.134. The van der Waals surface area contributed by atoms with Gasteiger partial charge in [0.05, 0.1) is 11.6 Å². The number of nitrogens with one attached hydrogen (secondary N) is 2. The number of benzene rings is 1. The number of ether oxygens (including phenoxy) is 1. The second-order valence-electron chi connectivity index (χ2n) is 4.64. The van der Waals surface area contributed by atoms with Gasteiger partial charge in [0, 0.05) is 13.0 Å². The lowest BCUT2D eigenvalue weighted by Gasteiger charge is -2.21. The number of rotatable bonds is 6. The van der Waals surface area contributed by atoms with Gasteiger partial charge in [0.1, 0.15) is 12.4 Å². The first kappa shape index (κ1) is 15.0. The zero-order chi connectivity index (χ0) is 15.2. The molecular formula is C14H16N2O5. The van der Waals surface area contributed by atoms with Gasteiger partial charge in [0.25, 0.3) is 0 Å². The van der Waals surface area contributed by atoms with Crippen molar-refractivity contribution >= 4 is 17.8 Å². The summed E-state index contributed by atoms with van der Waals surface area (Å²) >= 11 is 0. The van der Waals surface area contributed by atoms with Crippen LogP contribution in [0.5, 0.6) is 5.75 Å². The smallest absolute Gasteiger partial charge is 0.335 e. The number of imide groups is 1. The summed E-state index contributed by atoms with van der Waals surface area (Å²) < 4.78 is 5.42. The number of amides is 2. The number of piperidine rings is 1. The van der Waals surface area contributed by atoms with Crippen LogP contribution in [0.15, 0.2) is 24.3 Å². The van der Waals surface area contributed by atoms with E-state index in [4.69, 9.17) is 9.84 Å². The minimum Gasteiger partial charge on any atom is -0.492 e. The van der Waals surface area contributed by atoms with E-state index in [9.17, 15) is 14.4 Å². The average molecular weight is 292 g/mol. The Morgan fingerprint density at radius 1 is 1.43 bits per heavy atom. The van der Waals surface area contributed by atoms with Crippen LogP contribution in [0.4, 0.5) is 0 Å². The average Bonchev–Trinajstić information content (AvgIpc) is 2.45. The van der Waals surface area contributed by atoms with Crippen molar-refractivity contribution in [2.75, 3.05) is 13.2 Å². The Kier molecular flexibility index (Phi) is 4.89. The van der Waals surface area contributed by atoms with E-state index in [1.54, 1.807) is 12.1 Å². The predicted molar refractivity (Wildman–Crippen MR) is 73.1 cm³/mol. The summed E-state index contributed by atoms with van der Waals surface area (Å²) in [7, 11) is 0. The first-order chi connectivity index (χ1) is 10.1. The zero-order valence-corrected chi connectivity index (χ0v) is 11.3. The lowest BCUT2D eigenvalue weighted by atomic mass is 10.1. The summed E-state index contributed by atoms with van der Waals surface area (Å²) in [6, 6.07) is 5.80. The summed E-state index contributed by atoms with van der Waals surface area (Å²) in [5.41, 5.74) is 0.158. The fraction of sp³-hybridized carbons (Fsp3) is 0.357. The summed E-state index contributed by atoms with van der Waals surface area (Å²) in [6.07, 6.45) is 0.796. The van der Waals surface area contributed by atoms with Gasteiger partial charge >= 0.3 is 5.97 Å². The van der Waals surface area contributed by atoms with E-state index in [0.29, 0.717) is 31.7 Å². The highest BCUT2D eigenvalue weighted by atomic mass is 16.5. The van der Waals surface area contributed by atoms with Crippen LogP contribution in [0.25, 0.3) is 0 Å². The van der Waals surface area contributed by atoms with E-state index < -0.39 is 12.0 Å². The number of hydrogen-bond acceptors (Lipinski definition) is 5. The van der Waals surface area contributed by atoms with E-state index in [1.165, 1.54) is 12.1 Å². The second kappa shape index (κ2) is 6.85. The second-order valence-corrected chi connectivity index (χ2v) is 4.64. The Bertz CT molecular complexity index is 558. The number of hydrogen-bond donors (Lipinski definition) is 3. The molecule has 2 rings (SSSR count). The van der Waals surface area contributed by atoms with Gasteiger partial charge in [-0.1, -0.05) is 6.07 Å². The first-order valence-electron chi connectivity index (χ1n) is 6.59. The molecule has 3 N–H and O–H groups in total. The standard InChI is InChI=1S/C14H16N2O5/c17-12-5-4-11(13(18)16-12)15-6-7-21-10-3-1-2-9(8-10)14(19)20/h1-3,8,11,15H,4-7H2,(H,19,20)(H,16,17,18). The molecule has 0 aliphatic carbocycles. The van der Waals surface area contributed by atoms with E-state index in [-0.39, 0.29) is 17.4 Å². The topological polar surface area (TPSA) is 105 Å². The third kappa shape index (κ3) is 4.28. The molecule has 0 radical (unpaired) electrons. The molecule has 1 aliphatic heterocycles. The summed E-state index contributed by atoms with van der Waals surface area (Å²) in [5, 5.41) is 14.1. The molecule has 7 nitrogen and oxygen atoms in total. The normalized spacial score (nSPS) is 18.2. The minimum atomic E-state index is -1.01. The van der Waals surface area contributed by atoms with E-state index in [2.05, 4.69) is 10.6 Å². The van der Waals surface area contributed by atoms with Gasteiger partial charge in [-0.05, 0) is 24.6 Å². The molecule has 0 bridgehead atoms. The van der Waals surface area contributed by atoms with Crippen molar-refractivity contribution in [3.63, 3.8) is 0 Å². The minimum absolute atomic E-state index is 0.158. The van der Waals surface area contributed by atoms with Crippen LogP contribution in [-0.2, 0) is 9.59 Å². The van der Waals surface area contributed by atoms with Gasteiger partial charge < -0.3 is 15.2 Å². The molecule has 1 aromatic carbocycles. The molecule has 21 heavy (non-hydrogen) atoms. The van der Waals surface area contributed by atoms with Crippen LogP contribution in [0.1, 0.15) is 23.2 Å². The number of aromatic carboxylic acids is 1. The fourth-order valence-electron chi connectivity index (χ4n) is 2.01. The van der Waals surface area contributed by atoms with E-state index in [1.807, 2.05) is 0 Å². The number of carbonyl (C=O) groups is 3. The Morgan fingerprint density at radius 3 is 2.95 bits per heavy atom. The molecule has 112 valence electrons. The third-order valence-corrected chi connectivity index (χ3v) is 3.08. The monoisotopic (exact) mass is 292 g/mol. The van der Waals surface area contributed by atoms with Crippen molar-refractivity contribution in [1.29, 1.82) is 0 Å². The molecular weight excluding hydrogens is 276 g/mol. The highest BCUT2D eigenvalue weighted by molar-refractivity contribution is 6.00. The van der Waals surface area contributed by atoms with Crippen molar-refractivity contribution in [3.8, 4) is 5.75 Å². The van der Waals surface area contributed by atoms with Gasteiger partial charge in [-0.2, -0.15) is 0 Å². The molecule has 1 aliphatic rings. The van der Waals surface area contributed by atoms with Crippen LogP contribution in [0.3, 0.4) is 0 Å². The van der Waals surface area contributed by atoms with Crippen LogP contribution in [-0.4, -0.2) is 42.1 Å². The zero-order valence-electron chi connectivity index (χ0n) is 11.3. The van der Waals surface area contributed by atoms with Crippen LogP contribution < -0.4 is 15.4 Å². The molecule has 1 unspecified atom stereocenters. The Balaban J connectivity index is 1.75. The molecule has 2 amide bonds. The van der Waals surface area contributed by atoms with E-state index >= 15 is 0 Å². The molecule has 0 aromatic heterocycles. The molecule has 1 saturated heterocycles. The van der Waals surface area contributed by atoms with Gasteiger partial charge in [-0.15, -0.1) is 0 Å². The van der Waals surface area contributed by atoms with Crippen molar-refractivity contribution in [2.45, 2.75) is 18.9 Å². The van der Waals surface area contributed by atoms with Crippen molar-refractivity contribution in [2.24, 2.45) is 0 Å². The molecule has 1 heterocycles. The quantitative estimate of drug-likeness (QED) is 0.509. The largest absolute Gasteiger partial charge is 0.492 e. The molecule has 7 heteroatoms. The van der Waals surface area contributed by atoms with Gasteiger partial charge in [0.15, 0.2) is 0 Å². The number of carboxylic acid groups (broad SMARTS) is 1. The maximum Gasteiger partial charge on any atom is 0.335 e. The molecule has 1 atom stereocenters. The van der Waals surface area contributed by atoms with Crippen molar-refractivity contribution < 1.29 is 24.2 Å². The summed E-state index contributed by atoms with van der Waals surface area (Å²) in [5.74, 6) is -1.12. The van der Waals surface area contributed by atoms with E-state index in [0.717, 1.165) is 0 Å². The van der Waals surface area contributed by atoms with Crippen molar-refractivity contribution in [3.05, 3.63) is 29.8 Å². The molecule has 0 spiro atoms. The number of carbonyl (C=O) groups excluding carboxylic acids is 2. The number of carboxylic acids is 1. The lowest BCUT2D eigenvalue weighted by Crippen LogP contribution is -2.51.